The summed E-state index contributed by atoms with van der Waals surface area (Å²) >= 11 is 5.82. The molecule has 5 heteroatoms. The van der Waals surface area contributed by atoms with Gasteiger partial charge in [-0.25, -0.2) is 4.98 Å². The lowest BCUT2D eigenvalue weighted by Gasteiger charge is -2.19. The van der Waals surface area contributed by atoms with Crippen molar-refractivity contribution in [3.8, 4) is 0 Å². The molecule has 0 unspecified atom stereocenters. The predicted molar refractivity (Wildman–Crippen MR) is 79.1 cm³/mol. The number of rotatable bonds is 2. The molecule has 2 heterocycles. The van der Waals surface area contributed by atoms with Crippen molar-refractivity contribution in [2.24, 2.45) is 0 Å². The van der Waals surface area contributed by atoms with Crippen molar-refractivity contribution < 1.29 is 4.79 Å². The lowest BCUT2D eigenvalue weighted by atomic mass is 9.95. The molecule has 4 nitrogen and oxygen atoms in total. The Hall–Kier alpha value is -1.91. The summed E-state index contributed by atoms with van der Waals surface area (Å²) < 4.78 is 0. The molecule has 1 aromatic heterocycles. The summed E-state index contributed by atoms with van der Waals surface area (Å²) in [6.45, 7) is 1.72. The minimum absolute atomic E-state index is 0.106. The average molecular weight is 288 g/mol. The number of hydrogen-bond acceptors (Lipinski definition) is 3. The molecule has 0 atom stereocenters. The number of benzene rings is 1. The van der Waals surface area contributed by atoms with Crippen LogP contribution in [0.1, 0.15) is 21.5 Å². The van der Waals surface area contributed by atoms with E-state index in [2.05, 4.69) is 21.7 Å². The highest BCUT2D eigenvalue weighted by atomic mass is 35.5. The van der Waals surface area contributed by atoms with E-state index in [1.54, 1.807) is 18.3 Å². The fourth-order valence-electron chi connectivity index (χ4n) is 2.42. The first-order valence-corrected chi connectivity index (χ1v) is 6.86. The van der Waals surface area contributed by atoms with Gasteiger partial charge in [0.05, 0.1) is 0 Å². The highest BCUT2D eigenvalue weighted by Gasteiger charge is 2.17. The second-order valence-corrected chi connectivity index (χ2v) is 5.08. The van der Waals surface area contributed by atoms with E-state index in [4.69, 9.17) is 11.6 Å². The molecule has 102 valence electrons. The van der Waals surface area contributed by atoms with Crippen LogP contribution >= 0.6 is 11.6 Å². The molecule has 0 fully saturated rings. The van der Waals surface area contributed by atoms with Gasteiger partial charge in [0.2, 0.25) is 0 Å². The highest BCUT2D eigenvalue weighted by molar-refractivity contribution is 6.29. The van der Waals surface area contributed by atoms with Crippen LogP contribution in [0.15, 0.2) is 36.5 Å². The first kappa shape index (κ1) is 13.1. The lowest BCUT2D eigenvalue weighted by Crippen LogP contribution is -2.26. The van der Waals surface area contributed by atoms with Crippen LogP contribution in [-0.2, 0) is 13.0 Å². The zero-order chi connectivity index (χ0) is 13.9. The number of carbonyl (C=O) groups is 1. The normalized spacial score (nSPS) is 13.7. The van der Waals surface area contributed by atoms with Gasteiger partial charge in [-0.15, -0.1) is 0 Å². The fraction of sp³-hybridized carbons (Fsp3) is 0.200. The van der Waals surface area contributed by atoms with Crippen LogP contribution in [0.4, 0.5) is 5.69 Å². The summed E-state index contributed by atoms with van der Waals surface area (Å²) in [5, 5.41) is 6.54. The topological polar surface area (TPSA) is 54.0 Å². The van der Waals surface area contributed by atoms with E-state index in [-0.39, 0.29) is 5.91 Å². The van der Waals surface area contributed by atoms with Crippen molar-refractivity contribution in [2.45, 2.75) is 13.0 Å². The third-order valence-electron chi connectivity index (χ3n) is 3.37. The number of hydrogen-bond donors (Lipinski definition) is 2. The van der Waals surface area contributed by atoms with E-state index >= 15 is 0 Å². The summed E-state index contributed by atoms with van der Waals surface area (Å²) in [4.78, 5) is 16.3. The van der Waals surface area contributed by atoms with E-state index in [9.17, 15) is 4.79 Å². The van der Waals surface area contributed by atoms with Crippen LogP contribution in [0.2, 0.25) is 5.15 Å². The van der Waals surface area contributed by atoms with Crippen LogP contribution in [0.25, 0.3) is 0 Å². The molecule has 0 saturated heterocycles. The molecule has 0 aliphatic carbocycles. The number of nitrogens with zero attached hydrogens (tertiary/aromatic N) is 1. The van der Waals surface area contributed by atoms with Gasteiger partial charge in [-0.1, -0.05) is 23.7 Å². The standard InChI is InChI=1S/C15H14ClN3O/c16-14-8-11(4-7-18-14)19-15(20)13-3-1-2-10-9-17-6-5-12(10)13/h1-4,7-8,17H,5-6,9H2,(H,18,19,20). The Morgan fingerprint density at radius 1 is 1.35 bits per heavy atom. The summed E-state index contributed by atoms with van der Waals surface area (Å²) in [5.41, 5.74) is 3.71. The van der Waals surface area contributed by atoms with Crippen LogP contribution in [0.5, 0.6) is 0 Å². The first-order valence-electron chi connectivity index (χ1n) is 6.48. The molecule has 20 heavy (non-hydrogen) atoms. The molecule has 1 aliphatic heterocycles. The molecule has 1 aromatic carbocycles. The van der Waals surface area contributed by atoms with Gasteiger partial charge < -0.3 is 10.6 Å². The molecule has 0 radical (unpaired) electrons. The van der Waals surface area contributed by atoms with Gasteiger partial charge in [0.1, 0.15) is 5.15 Å². The Balaban J connectivity index is 1.88. The van der Waals surface area contributed by atoms with E-state index < -0.39 is 0 Å². The maximum atomic E-state index is 12.4. The first-order chi connectivity index (χ1) is 9.74. The van der Waals surface area contributed by atoms with Crippen molar-refractivity contribution in [2.75, 3.05) is 11.9 Å². The van der Waals surface area contributed by atoms with E-state index in [0.29, 0.717) is 10.8 Å². The van der Waals surface area contributed by atoms with Gasteiger partial charge in [-0.3, -0.25) is 4.79 Å². The van der Waals surface area contributed by atoms with Gasteiger partial charge in [-0.05, 0) is 42.3 Å². The smallest absolute Gasteiger partial charge is 0.255 e. The number of pyridine rings is 1. The van der Waals surface area contributed by atoms with Gasteiger partial charge in [0, 0.05) is 24.0 Å². The maximum Gasteiger partial charge on any atom is 0.255 e. The second-order valence-electron chi connectivity index (χ2n) is 4.69. The van der Waals surface area contributed by atoms with E-state index in [1.807, 2.05) is 12.1 Å². The van der Waals surface area contributed by atoms with Crippen molar-refractivity contribution >= 4 is 23.2 Å². The van der Waals surface area contributed by atoms with Gasteiger partial charge in [0.15, 0.2) is 0 Å². The van der Waals surface area contributed by atoms with Crippen LogP contribution in [-0.4, -0.2) is 17.4 Å². The number of fused-ring (bicyclic) bond motifs is 1. The van der Waals surface area contributed by atoms with Crippen molar-refractivity contribution in [1.29, 1.82) is 0 Å². The SMILES string of the molecule is O=C(Nc1ccnc(Cl)c1)c1cccc2c1CCNC2. The molecular formula is C15H14ClN3O. The molecule has 2 N–H and O–H groups in total. The number of nitrogens with one attached hydrogen (secondary N) is 2. The molecule has 3 rings (SSSR count). The monoisotopic (exact) mass is 287 g/mol. The minimum atomic E-state index is -0.106. The van der Waals surface area contributed by atoms with Crippen molar-refractivity contribution in [3.63, 3.8) is 0 Å². The molecule has 0 saturated carbocycles. The number of aromatic nitrogens is 1. The minimum Gasteiger partial charge on any atom is -0.322 e. The molecule has 0 bridgehead atoms. The molecule has 1 aliphatic rings. The molecule has 2 aromatic rings. The van der Waals surface area contributed by atoms with Gasteiger partial charge in [0.25, 0.3) is 5.91 Å². The Morgan fingerprint density at radius 3 is 3.10 bits per heavy atom. The Labute approximate surface area is 122 Å². The Morgan fingerprint density at radius 2 is 2.25 bits per heavy atom. The molecular weight excluding hydrogens is 274 g/mol. The highest BCUT2D eigenvalue weighted by Crippen LogP contribution is 2.20. The van der Waals surface area contributed by atoms with E-state index in [1.165, 1.54) is 5.56 Å². The largest absolute Gasteiger partial charge is 0.322 e. The predicted octanol–water partition coefficient (Wildman–Crippen LogP) is 2.63. The summed E-state index contributed by atoms with van der Waals surface area (Å²) in [6.07, 6.45) is 2.44. The quantitative estimate of drug-likeness (QED) is 0.835. The number of amides is 1. The van der Waals surface area contributed by atoms with Crippen LogP contribution in [0.3, 0.4) is 0 Å². The fourth-order valence-corrected chi connectivity index (χ4v) is 2.60. The number of carbonyl (C=O) groups excluding carboxylic acids is 1. The Kier molecular flexibility index (Phi) is 3.67. The zero-order valence-electron chi connectivity index (χ0n) is 10.8. The number of anilines is 1. The third kappa shape index (κ3) is 2.66. The molecule has 0 spiro atoms. The van der Waals surface area contributed by atoms with Crippen molar-refractivity contribution in [1.82, 2.24) is 10.3 Å². The van der Waals surface area contributed by atoms with Crippen LogP contribution in [0, 0.1) is 0 Å². The zero-order valence-corrected chi connectivity index (χ0v) is 11.6. The second kappa shape index (κ2) is 5.61. The van der Waals surface area contributed by atoms with Gasteiger partial charge in [-0.2, -0.15) is 0 Å². The Bertz CT molecular complexity index is 657. The lowest BCUT2D eigenvalue weighted by molar-refractivity contribution is 0.102. The summed E-state index contributed by atoms with van der Waals surface area (Å²) in [6, 6.07) is 9.20. The summed E-state index contributed by atoms with van der Waals surface area (Å²) in [7, 11) is 0. The van der Waals surface area contributed by atoms with Crippen molar-refractivity contribution in [3.05, 3.63) is 58.4 Å². The third-order valence-corrected chi connectivity index (χ3v) is 3.58. The maximum absolute atomic E-state index is 12.4. The van der Waals surface area contributed by atoms with Crippen LogP contribution < -0.4 is 10.6 Å². The molecule has 1 amide bonds. The number of halogens is 1. The average Bonchev–Trinajstić information content (AvgIpc) is 2.46. The summed E-state index contributed by atoms with van der Waals surface area (Å²) in [5.74, 6) is -0.106. The van der Waals surface area contributed by atoms with E-state index in [0.717, 1.165) is 30.6 Å². The van der Waals surface area contributed by atoms with Gasteiger partial charge >= 0.3 is 0 Å².